The number of nitrogens with one attached hydrogen (secondary N) is 1. The van der Waals surface area contributed by atoms with E-state index in [0.717, 1.165) is 19.6 Å². The van der Waals surface area contributed by atoms with E-state index in [4.69, 9.17) is 0 Å². The van der Waals surface area contributed by atoms with Crippen LogP contribution in [0.4, 0.5) is 10.3 Å². The highest BCUT2D eigenvalue weighted by atomic mass is 19.1. The van der Waals surface area contributed by atoms with Crippen molar-refractivity contribution in [2.75, 3.05) is 31.6 Å². The molecule has 2 aromatic heterocycles. The average molecular weight is 263 g/mol. The minimum atomic E-state index is -0.303. The Bertz CT molecular complexity index is 561. The maximum Gasteiger partial charge on any atom is 0.245 e. The second-order valence-electron chi connectivity index (χ2n) is 5.15. The molecule has 3 heterocycles. The molecule has 1 N–H and O–H groups in total. The van der Waals surface area contributed by atoms with Crippen LogP contribution in [0.5, 0.6) is 0 Å². The normalized spacial score (nSPS) is 19.8. The smallest absolute Gasteiger partial charge is 0.245 e. The minimum Gasteiger partial charge on any atom is -0.342 e. The van der Waals surface area contributed by atoms with Crippen molar-refractivity contribution >= 4 is 11.6 Å². The van der Waals surface area contributed by atoms with Crippen LogP contribution in [0, 0.1) is 11.7 Å². The van der Waals surface area contributed by atoms with Gasteiger partial charge in [0.15, 0.2) is 5.65 Å². The van der Waals surface area contributed by atoms with Crippen LogP contribution in [0.1, 0.15) is 12.8 Å². The summed E-state index contributed by atoms with van der Waals surface area (Å²) < 4.78 is 14.6. The van der Waals surface area contributed by atoms with Crippen molar-refractivity contribution in [3.63, 3.8) is 0 Å². The number of nitrogens with zero attached hydrogens (tertiary/aromatic N) is 4. The van der Waals surface area contributed by atoms with E-state index in [9.17, 15) is 4.39 Å². The van der Waals surface area contributed by atoms with Crippen molar-refractivity contribution in [1.29, 1.82) is 0 Å². The van der Waals surface area contributed by atoms with Crippen molar-refractivity contribution in [2.24, 2.45) is 5.92 Å². The van der Waals surface area contributed by atoms with Crippen LogP contribution in [0.2, 0.25) is 0 Å². The molecule has 5 nitrogen and oxygen atoms in total. The Labute approximate surface area is 111 Å². The standard InChI is InChI=1S/C13H18FN5/c1-18(8-10-3-2-6-15-7-10)13-16-12-5-4-11(14)9-19(12)17-13/h4-5,9-10,15H,2-3,6-8H2,1H3. The summed E-state index contributed by atoms with van der Waals surface area (Å²) in [6.07, 6.45) is 3.81. The summed E-state index contributed by atoms with van der Waals surface area (Å²) in [5.74, 6) is 0.973. The van der Waals surface area contributed by atoms with Crippen LogP contribution in [0.3, 0.4) is 0 Å². The van der Waals surface area contributed by atoms with E-state index in [-0.39, 0.29) is 5.82 Å². The molecule has 1 atom stereocenters. The molecule has 1 aliphatic rings. The summed E-state index contributed by atoms with van der Waals surface area (Å²) in [6.45, 7) is 3.09. The fourth-order valence-corrected chi connectivity index (χ4v) is 2.56. The fraction of sp³-hybridized carbons (Fsp3) is 0.538. The number of hydrogen-bond acceptors (Lipinski definition) is 4. The molecule has 3 rings (SSSR count). The molecule has 1 unspecified atom stereocenters. The summed E-state index contributed by atoms with van der Waals surface area (Å²) >= 11 is 0. The molecule has 102 valence electrons. The summed E-state index contributed by atoms with van der Waals surface area (Å²) in [4.78, 5) is 6.45. The number of fused-ring (bicyclic) bond motifs is 1. The number of pyridine rings is 1. The van der Waals surface area contributed by atoms with Gasteiger partial charge in [-0.25, -0.2) is 8.91 Å². The third-order valence-electron chi connectivity index (χ3n) is 3.56. The molecule has 0 saturated carbocycles. The first kappa shape index (κ1) is 12.3. The van der Waals surface area contributed by atoms with Crippen LogP contribution in [-0.2, 0) is 0 Å². The molecule has 1 saturated heterocycles. The van der Waals surface area contributed by atoms with Gasteiger partial charge >= 0.3 is 0 Å². The van der Waals surface area contributed by atoms with Gasteiger partial charge < -0.3 is 10.2 Å². The summed E-state index contributed by atoms with van der Waals surface area (Å²) in [7, 11) is 1.99. The predicted molar refractivity (Wildman–Crippen MR) is 71.8 cm³/mol. The van der Waals surface area contributed by atoms with Crippen molar-refractivity contribution in [3.05, 3.63) is 24.1 Å². The number of anilines is 1. The molecule has 0 spiro atoms. The SMILES string of the molecule is CN(CC1CCCNC1)c1nc2ccc(F)cn2n1. The molecule has 0 aliphatic carbocycles. The van der Waals surface area contributed by atoms with Crippen molar-refractivity contribution in [2.45, 2.75) is 12.8 Å². The Morgan fingerprint density at radius 1 is 1.53 bits per heavy atom. The molecular weight excluding hydrogens is 245 g/mol. The first-order valence-corrected chi connectivity index (χ1v) is 6.66. The molecule has 0 radical (unpaired) electrons. The second-order valence-corrected chi connectivity index (χ2v) is 5.15. The third-order valence-corrected chi connectivity index (χ3v) is 3.56. The van der Waals surface area contributed by atoms with Gasteiger partial charge in [-0.05, 0) is 44.0 Å². The average Bonchev–Trinajstić information content (AvgIpc) is 2.83. The van der Waals surface area contributed by atoms with Crippen LogP contribution >= 0.6 is 0 Å². The first-order chi connectivity index (χ1) is 9.22. The zero-order valence-electron chi connectivity index (χ0n) is 11.0. The molecule has 0 bridgehead atoms. The van der Waals surface area contributed by atoms with Gasteiger partial charge in [0.25, 0.3) is 0 Å². The van der Waals surface area contributed by atoms with Crippen LogP contribution < -0.4 is 10.2 Å². The Hall–Kier alpha value is -1.69. The summed E-state index contributed by atoms with van der Waals surface area (Å²) in [6, 6.07) is 3.04. The Morgan fingerprint density at radius 2 is 2.42 bits per heavy atom. The number of hydrogen-bond donors (Lipinski definition) is 1. The van der Waals surface area contributed by atoms with Crippen molar-refractivity contribution in [1.82, 2.24) is 19.9 Å². The molecule has 1 aliphatic heterocycles. The summed E-state index contributed by atoms with van der Waals surface area (Å²) in [5.41, 5.74) is 0.671. The minimum absolute atomic E-state index is 0.303. The number of aromatic nitrogens is 3. The van der Waals surface area contributed by atoms with Gasteiger partial charge in [-0.15, -0.1) is 5.10 Å². The lowest BCUT2D eigenvalue weighted by atomic mass is 9.99. The van der Waals surface area contributed by atoms with E-state index in [0.29, 0.717) is 17.5 Å². The maximum atomic E-state index is 13.1. The largest absolute Gasteiger partial charge is 0.342 e. The van der Waals surface area contributed by atoms with Crippen LogP contribution in [0.15, 0.2) is 18.3 Å². The highest BCUT2D eigenvalue weighted by molar-refractivity contribution is 5.44. The van der Waals surface area contributed by atoms with Crippen LogP contribution in [0.25, 0.3) is 5.65 Å². The van der Waals surface area contributed by atoms with Gasteiger partial charge in [-0.1, -0.05) is 0 Å². The molecule has 1 fully saturated rings. The number of rotatable bonds is 3. The lowest BCUT2D eigenvalue weighted by molar-refractivity contribution is 0.380. The van der Waals surface area contributed by atoms with E-state index < -0.39 is 0 Å². The molecule has 0 amide bonds. The molecule has 0 aromatic carbocycles. The van der Waals surface area contributed by atoms with Gasteiger partial charge in [0, 0.05) is 13.6 Å². The lowest BCUT2D eigenvalue weighted by Crippen LogP contribution is -2.37. The van der Waals surface area contributed by atoms with Gasteiger partial charge in [-0.3, -0.25) is 0 Å². The highest BCUT2D eigenvalue weighted by Crippen LogP contribution is 2.15. The quantitative estimate of drug-likeness (QED) is 0.907. The van der Waals surface area contributed by atoms with Gasteiger partial charge in [-0.2, -0.15) is 4.98 Å². The van der Waals surface area contributed by atoms with E-state index in [2.05, 4.69) is 15.4 Å². The Morgan fingerprint density at radius 3 is 3.21 bits per heavy atom. The van der Waals surface area contributed by atoms with E-state index in [1.165, 1.54) is 29.6 Å². The van der Waals surface area contributed by atoms with Crippen molar-refractivity contribution < 1.29 is 4.39 Å². The third kappa shape index (κ3) is 2.68. The maximum absolute atomic E-state index is 13.1. The Balaban J connectivity index is 1.75. The fourth-order valence-electron chi connectivity index (χ4n) is 2.56. The topological polar surface area (TPSA) is 45.5 Å². The monoisotopic (exact) mass is 263 g/mol. The first-order valence-electron chi connectivity index (χ1n) is 6.66. The summed E-state index contributed by atoms with van der Waals surface area (Å²) in [5, 5.41) is 7.71. The van der Waals surface area contributed by atoms with Gasteiger partial charge in [0.1, 0.15) is 5.82 Å². The second kappa shape index (κ2) is 5.13. The van der Waals surface area contributed by atoms with Gasteiger partial charge in [0.05, 0.1) is 6.20 Å². The lowest BCUT2D eigenvalue weighted by Gasteiger charge is -2.26. The molecule has 19 heavy (non-hydrogen) atoms. The van der Waals surface area contributed by atoms with E-state index in [1.54, 1.807) is 6.07 Å². The van der Waals surface area contributed by atoms with E-state index in [1.807, 2.05) is 11.9 Å². The van der Waals surface area contributed by atoms with Crippen LogP contribution in [-0.4, -0.2) is 41.3 Å². The molecule has 2 aromatic rings. The van der Waals surface area contributed by atoms with Gasteiger partial charge in [0.2, 0.25) is 5.95 Å². The Kier molecular flexibility index (Phi) is 3.33. The number of halogens is 1. The predicted octanol–water partition coefficient (Wildman–Crippen LogP) is 1.30. The van der Waals surface area contributed by atoms with Crippen molar-refractivity contribution in [3.8, 4) is 0 Å². The van der Waals surface area contributed by atoms with E-state index >= 15 is 0 Å². The zero-order chi connectivity index (χ0) is 13.2. The highest BCUT2D eigenvalue weighted by Gasteiger charge is 2.17. The number of piperidine rings is 1. The molecule has 6 heteroatoms. The zero-order valence-corrected chi connectivity index (χ0v) is 11.0. The molecular formula is C13H18FN5.